The number of hydrogen-bond donors (Lipinski definition) is 1. The van der Waals surface area contributed by atoms with Crippen molar-refractivity contribution in [2.45, 2.75) is 39.2 Å². The van der Waals surface area contributed by atoms with Gasteiger partial charge in [-0.2, -0.15) is 5.21 Å². The molecule has 2 heterocycles. The number of rotatable bonds is 8. The Morgan fingerprint density at radius 3 is 2.81 bits per heavy atom. The molecule has 1 N–H and O–H groups in total. The summed E-state index contributed by atoms with van der Waals surface area (Å²) >= 11 is 3.70. The number of aromatic amines is 1. The highest BCUT2D eigenvalue weighted by molar-refractivity contribution is 9.10. The second kappa shape index (κ2) is 9.12. The second-order valence-electron chi connectivity index (χ2n) is 7.83. The summed E-state index contributed by atoms with van der Waals surface area (Å²) in [6, 6.07) is 19.0. The highest BCUT2D eigenvalue weighted by atomic mass is 79.9. The van der Waals surface area contributed by atoms with Crippen LogP contribution in [0.5, 0.6) is 5.75 Å². The van der Waals surface area contributed by atoms with Gasteiger partial charge in [0.1, 0.15) is 17.1 Å². The minimum Gasteiger partial charge on any atom is -0.484 e. The zero-order valence-corrected chi connectivity index (χ0v) is 19.4. The average Bonchev–Trinajstić information content (AvgIpc) is 3.45. The van der Waals surface area contributed by atoms with E-state index < -0.39 is 0 Å². The number of ether oxygens (including phenoxy) is 1. The van der Waals surface area contributed by atoms with E-state index in [1.54, 1.807) is 0 Å². The summed E-state index contributed by atoms with van der Waals surface area (Å²) in [5.41, 5.74) is 3.53. The molecule has 0 aliphatic rings. The fraction of sp³-hybridized carbons (Fsp3) is 0.240. The fourth-order valence-electron chi connectivity index (χ4n) is 4.02. The average molecular weight is 491 g/mol. The zero-order valence-electron chi connectivity index (χ0n) is 17.8. The first-order valence-electron chi connectivity index (χ1n) is 10.8. The van der Waals surface area contributed by atoms with Crippen molar-refractivity contribution >= 4 is 37.7 Å². The number of hydrogen-bond acceptors (Lipinski definition) is 5. The van der Waals surface area contributed by atoms with Gasteiger partial charge in [-0.15, -0.1) is 10.2 Å². The summed E-state index contributed by atoms with van der Waals surface area (Å²) in [6.07, 6.45) is 4.10. The summed E-state index contributed by atoms with van der Waals surface area (Å²) in [5, 5.41) is 17.3. The van der Waals surface area contributed by atoms with Gasteiger partial charge in [-0.3, -0.25) is 0 Å². The maximum atomic E-state index is 6.21. The van der Waals surface area contributed by atoms with Gasteiger partial charge in [-0.25, -0.2) is 0 Å². The number of nitrogens with zero attached hydrogens (tertiary/aromatic N) is 3. The van der Waals surface area contributed by atoms with E-state index in [0.29, 0.717) is 5.82 Å². The lowest BCUT2D eigenvalue weighted by molar-refractivity contribution is 0.294. The highest BCUT2D eigenvalue weighted by Gasteiger charge is 2.15. The van der Waals surface area contributed by atoms with E-state index in [-0.39, 0.29) is 6.61 Å². The lowest BCUT2D eigenvalue weighted by atomic mass is 9.97. The number of unbranched alkanes of at least 4 members (excludes halogenated alkanes) is 1. The number of aromatic nitrogens is 4. The Labute approximate surface area is 194 Å². The van der Waals surface area contributed by atoms with Crippen LogP contribution >= 0.6 is 15.9 Å². The van der Waals surface area contributed by atoms with Crippen LogP contribution in [0.15, 0.2) is 63.5 Å². The largest absolute Gasteiger partial charge is 0.484 e. The molecule has 0 atom stereocenters. The topological polar surface area (TPSA) is 76.8 Å². The SMILES string of the molecule is CCCCc1oc2ccccc2c1Cc1ccc2c(Br)c(OCc3nn[nH]n3)ccc2c1. The van der Waals surface area contributed by atoms with Gasteiger partial charge in [-0.05, 0) is 50.8 Å². The van der Waals surface area contributed by atoms with Gasteiger partial charge in [0.2, 0.25) is 5.82 Å². The van der Waals surface area contributed by atoms with Crippen LogP contribution in [0.1, 0.15) is 42.5 Å². The number of aryl methyl sites for hydroxylation is 1. The molecule has 0 saturated carbocycles. The maximum absolute atomic E-state index is 6.21. The molecule has 0 aliphatic carbocycles. The number of nitrogens with one attached hydrogen (secondary N) is 1. The molecule has 0 saturated heterocycles. The number of benzene rings is 3. The number of H-pyrrole nitrogens is 1. The molecule has 32 heavy (non-hydrogen) atoms. The third-order valence-electron chi connectivity index (χ3n) is 5.65. The first-order chi connectivity index (χ1) is 15.7. The van der Waals surface area contributed by atoms with Gasteiger partial charge in [0, 0.05) is 23.8 Å². The molecule has 162 valence electrons. The first-order valence-corrected chi connectivity index (χ1v) is 11.6. The Bertz CT molecular complexity index is 1360. The second-order valence-corrected chi connectivity index (χ2v) is 8.62. The van der Waals surface area contributed by atoms with Gasteiger partial charge < -0.3 is 9.15 Å². The van der Waals surface area contributed by atoms with E-state index in [0.717, 1.165) is 58.0 Å². The van der Waals surface area contributed by atoms with Gasteiger partial charge in [0.25, 0.3) is 0 Å². The molecule has 0 spiro atoms. The summed E-state index contributed by atoms with van der Waals surface area (Å²) in [4.78, 5) is 0. The number of para-hydroxylation sites is 1. The molecular weight excluding hydrogens is 468 g/mol. The minimum absolute atomic E-state index is 0.257. The highest BCUT2D eigenvalue weighted by Crippen LogP contribution is 2.35. The van der Waals surface area contributed by atoms with E-state index in [2.05, 4.69) is 85.9 Å². The van der Waals surface area contributed by atoms with Crippen molar-refractivity contribution in [1.29, 1.82) is 0 Å². The Hall–Kier alpha value is -3.19. The van der Waals surface area contributed by atoms with E-state index >= 15 is 0 Å². The van der Waals surface area contributed by atoms with Crippen molar-refractivity contribution in [3.63, 3.8) is 0 Å². The fourth-order valence-corrected chi connectivity index (χ4v) is 4.62. The summed E-state index contributed by atoms with van der Waals surface area (Å²) in [5.74, 6) is 2.37. The third kappa shape index (κ3) is 4.12. The molecule has 0 fully saturated rings. The molecule has 5 rings (SSSR count). The van der Waals surface area contributed by atoms with Gasteiger partial charge >= 0.3 is 0 Å². The molecule has 0 radical (unpaired) electrons. The maximum Gasteiger partial charge on any atom is 0.211 e. The van der Waals surface area contributed by atoms with Crippen LogP contribution in [0.3, 0.4) is 0 Å². The molecule has 5 aromatic rings. The summed E-state index contributed by atoms with van der Waals surface area (Å²) in [7, 11) is 0. The van der Waals surface area contributed by atoms with E-state index in [1.165, 1.54) is 16.5 Å². The summed E-state index contributed by atoms with van der Waals surface area (Å²) in [6.45, 7) is 2.47. The van der Waals surface area contributed by atoms with Gasteiger partial charge in [0.15, 0.2) is 6.61 Å². The quantitative estimate of drug-likeness (QED) is 0.273. The van der Waals surface area contributed by atoms with E-state index in [4.69, 9.17) is 9.15 Å². The first kappa shape index (κ1) is 20.7. The summed E-state index contributed by atoms with van der Waals surface area (Å²) < 4.78 is 13.0. The Kier molecular flexibility index (Phi) is 5.90. The van der Waals surface area contributed by atoms with Crippen molar-refractivity contribution < 1.29 is 9.15 Å². The molecule has 3 aromatic carbocycles. The monoisotopic (exact) mass is 490 g/mol. The predicted octanol–water partition coefficient (Wildman–Crippen LogP) is 6.37. The lowest BCUT2D eigenvalue weighted by Gasteiger charge is -2.11. The van der Waals surface area contributed by atoms with Crippen molar-refractivity contribution in [1.82, 2.24) is 20.6 Å². The van der Waals surface area contributed by atoms with E-state index in [1.807, 2.05) is 12.1 Å². The standard InChI is InChI=1S/C25H23BrN4O2/c1-2-3-7-22-20(19-6-4-5-8-21(19)32-22)14-16-9-11-18-17(13-16)10-12-23(25(18)26)31-15-24-27-29-30-28-24/h4-6,8-13H,2-3,7,14-15H2,1H3,(H,27,28,29,30). The van der Waals surface area contributed by atoms with Crippen molar-refractivity contribution in [2.24, 2.45) is 0 Å². The van der Waals surface area contributed by atoms with E-state index in [9.17, 15) is 0 Å². The van der Waals surface area contributed by atoms with Crippen LogP contribution in [-0.2, 0) is 19.4 Å². The number of furan rings is 1. The minimum atomic E-state index is 0.257. The van der Waals surface area contributed by atoms with Crippen molar-refractivity contribution in [3.8, 4) is 5.75 Å². The van der Waals surface area contributed by atoms with Crippen LogP contribution in [0.2, 0.25) is 0 Å². The molecule has 7 heteroatoms. The molecule has 0 unspecified atom stereocenters. The van der Waals surface area contributed by atoms with Crippen molar-refractivity contribution in [3.05, 3.63) is 81.8 Å². The number of fused-ring (bicyclic) bond motifs is 2. The smallest absolute Gasteiger partial charge is 0.211 e. The zero-order chi connectivity index (χ0) is 21.9. The van der Waals surface area contributed by atoms with Gasteiger partial charge in [0.05, 0.1) is 4.47 Å². The molecule has 0 aliphatic heterocycles. The lowest BCUT2D eigenvalue weighted by Crippen LogP contribution is -1.99. The van der Waals surface area contributed by atoms with Crippen LogP contribution in [0, 0.1) is 0 Å². The number of tetrazole rings is 1. The molecule has 0 bridgehead atoms. The Morgan fingerprint density at radius 1 is 1.06 bits per heavy atom. The van der Waals surface area contributed by atoms with Crippen LogP contribution in [0.25, 0.3) is 21.7 Å². The molecule has 2 aromatic heterocycles. The molecule has 6 nitrogen and oxygen atoms in total. The normalized spacial score (nSPS) is 11.4. The third-order valence-corrected chi connectivity index (χ3v) is 6.47. The Morgan fingerprint density at radius 2 is 1.97 bits per heavy atom. The Balaban J connectivity index is 1.44. The molecule has 0 amide bonds. The van der Waals surface area contributed by atoms with Crippen LogP contribution in [0.4, 0.5) is 0 Å². The number of halogens is 1. The van der Waals surface area contributed by atoms with Gasteiger partial charge in [-0.1, -0.05) is 61.0 Å². The predicted molar refractivity (Wildman–Crippen MR) is 128 cm³/mol. The van der Waals surface area contributed by atoms with Crippen molar-refractivity contribution in [2.75, 3.05) is 0 Å². The molecular formula is C25H23BrN4O2. The van der Waals surface area contributed by atoms with Crippen LogP contribution < -0.4 is 4.74 Å². The van der Waals surface area contributed by atoms with Crippen LogP contribution in [-0.4, -0.2) is 20.6 Å².